The van der Waals surface area contributed by atoms with Crippen LogP contribution in [0.2, 0.25) is 0 Å². The monoisotopic (exact) mass is 535 g/mol. The average molecular weight is 536 g/mol. The van der Waals surface area contributed by atoms with Crippen molar-refractivity contribution in [1.29, 1.82) is 0 Å². The summed E-state index contributed by atoms with van der Waals surface area (Å²) in [5.41, 5.74) is 1.94. The number of rotatable bonds is 8. The summed E-state index contributed by atoms with van der Waals surface area (Å²) in [4.78, 5) is 28.8. The third kappa shape index (κ3) is 5.25. The molecule has 0 saturated heterocycles. The number of ether oxygens (including phenoxy) is 2. The summed E-state index contributed by atoms with van der Waals surface area (Å²) in [7, 11) is 1.54. The van der Waals surface area contributed by atoms with Gasteiger partial charge in [0.25, 0.3) is 5.56 Å². The average Bonchev–Trinajstić information content (AvgIpc) is 2.87. The molecule has 3 aromatic carbocycles. The topological polar surface area (TPSA) is 103 Å². The van der Waals surface area contributed by atoms with Gasteiger partial charge in [0, 0.05) is 16.5 Å². The number of carboxylic acids is 1. The van der Waals surface area contributed by atoms with Crippen LogP contribution < -0.4 is 15.0 Å². The molecule has 0 bridgehead atoms. The van der Waals surface area contributed by atoms with Gasteiger partial charge >= 0.3 is 5.97 Å². The molecule has 35 heavy (non-hydrogen) atoms. The first-order valence-electron chi connectivity index (χ1n) is 10.8. The number of nitrogens with zero attached hydrogens (tertiary/aromatic N) is 3. The Morgan fingerprint density at radius 1 is 1.17 bits per heavy atom. The van der Waals surface area contributed by atoms with Gasteiger partial charge in [0.1, 0.15) is 12.4 Å². The number of halogens is 1. The highest BCUT2D eigenvalue weighted by molar-refractivity contribution is 9.10. The maximum atomic E-state index is 13.2. The molecule has 0 fully saturated rings. The fourth-order valence-corrected chi connectivity index (χ4v) is 3.87. The van der Waals surface area contributed by atoms with E-state index in [1.807, 2.05) is 13.0 Å². The first-order valence-corrected chi connectivity index (χ1v) is 11.6. The zero-order valence-electron chi connectivity index (χ0n) is 19.1. The molecule has 1 aromatic heterocycles. The van der Waals surface area contributed by atoms with Crippen LogP contribution in [0.5, 0.6) is 11.5 Å². The van der Waals surface area contributed by atoms with Gasteiger partial charge in [-0.2, -0.15) is 9.78 Å². The Balaban J connectivity index is 1.69. The fourth-order valence-electron chi connectivity index (χ4n) is 3.51. The molecule has 0 radical (unpaired) electrons. The predicted octanol–water partition coefficient (Wildman–Crippen LogP) is 4.89. The molecular formula is C26H22BrN3O5. The molecule has 0 unspecified atom stereocenters. The highest BCUT2D eigenvalue weighted by atomic mass is 79.9. The van der Waals surface area contributed by atoms with E-state index < -0.39 is 5.97 Å². The van der Waals surface area contributed by atoms with Crippen LogP contribution >= 0.6 is 15.9 Å². The lowest BCUT2D eigenvalue weighted by molar-refractivity contribution is 0.0697. The molecular weight excluding hydrogens is 514 g/mol. The summed E-state index contributed by atoms with van der Waals surface area (Å²) in [5, 5.41) is 14.0. The number of carboxylic acid groups (broad SMARTS) is 1. The molecule has 0 aliphatic carbocycles. The maximum Gasteiger partial charge on any atom is 0.335 e. The molecule has 9 heteroatoms. The molecule has 8 nitrogen and oxygen atoms in total. The van der Waals surface area contributed by atoms with Gasteiger partial charge in [-0.3, -0.25) is 4.79 Å². The maximum absolute atomic E-state index is 13.2. The van der Waals surface area contributed by atoms with Gasteiger partial charge in [0.05, 0.1) is 29.8 Å². The number of fused-ring (bicyclic) bond motifs is 1. The summed E-state index contributed by atoms with van der Waals surface area (Å²) in [5.74, 6) is 0.492. The van der Waals surface area contributed by atoms with Crippen LogP contribution in [0.25, 0.3) is 10.9 Å². The number of aromatic nitrogens is 2. The van der Waals surface area contributed by atoms with Gasteiger partial charge in [-0.15, -0.1) is 0 Å². The highest BCUT2D eigenvalue weighted by Crippen LogP contribution is 2.31. The summed E-state index contributed by atoms with van der Waals surface area (Å²) in [6, 6.07) is 17.2. The van der Waals surface area contributed by atoms with Crippen molar-refractivity contribution in [1.82, 2.24) is 9.66 Å². The van der Waals surface area contributed by atoms with Gasteiger partial charge < -0.3 is 14.6 Å². The minimum Gasteiger partial charge on any atom is -0.493 e. The Bertz CT molecular complexity index is 1480. The third-order valence-electron chi connectivity index (χ3n) is 5.32. The number of para-hydroxylation sites is 1. The predicted molar refractivity (Wildman–Crippen MR) is 137 cm³/mol. The number of methoxy groups -OCH3 is 1. The van der Waals surface area contributed by atoms with Crippen LogP contribution in [-0.4, -0.2) is 34.1 Å². The van der Waals surface area contributed by atoms with Gasteiger partial charge in [-0.05, 0) is 48.0 Å². The number of benzene rings is 3. The number of carbonyl (C=O) groups is 1. The van der Waals surface area contributed by atoms with E-state index in [2.05, 4.69) is 26.0 Å². The van der Waals surface area contributed by atoms with Crippen molar-refractivity contribution in [2.45, 2.75) is 20.0 Å². The molecule has 4 aromatic rings. The largest absolute Gasteiger partial charge is 0.493 e. The van der Waals surface area contributed by atoms with E-state index in [1.165, 1.54) is 30.1 Å². The fraction of sp³-hybridized carbons (Fsp3) is 0.154. The zero-order chi connectivity index (χ0) is 24.9. The number of hydrogen-bond acceptors (Lipinski definition) is 6. The van der Waals surface area contributed by atoms with Crippen molar-refractivity contribution in [3.05, 3.63) is 98.0 Å². The van der Waals surface area contributed by atoms with E-state index in [4.69, 9.17) is 14.6 Å². The van der Waals surface area contributed by atoms with Crippen LogP contribution in [0, 0.1) is 0 Å². The lowest BCUT2D eigenvalue weighted by atomic mass is 10.1. The van der Waals surface area contributed by atoms with Gasteiger partial charge in [0.15, 0.2) is 11.5 Å². The lowest BCUT2D eigenvalue weighted by Crippen LogP contribution is -2.22. The van der Waals surface area contributed by atoms with E-state index in [0.717, 1.165) is 10.0 Å². The van der Waals surface area contributed by atoms with Crippen molar-refractivity contribution >= 4 is 39.0 Å². The summed E-state index contributed by atoms with van der Waals surface area (Å²) in [6.07, 6.45) is 2.06. The SMILES string of the molecule is CCc1nc2ccc(Br)cc2c(=O)n1N=Cc1cccc(OC)c1OCc1ccc(C(=O)O)cc1. The molecule has 0 aliphatic heterocycles. The molecule has 1 heterocycles. The number of aryl methyl sites for hydroxylation is 1. The van der Waals surface area contributed by atoms with Crippen molar-refractivity contribution in [3.63, 3.8) is 0 Å². The third-order valence-corrected chi connectivity index (χ3v) is 5.81. The van der Waals surface area contributed by atoms with Crippen LogP contribution in [-0.2, 0) is 13.0 Å². The second kappa shape index (κ2) is 10.5. The van der Waals surface area contributed by atoms with Gasteiger partial charge in [0.2, 0.25) is 0 Å². The Labute approximate surface area is 209 Å². The smallest absolute Gasteiger partial charge is 0.335 e. The van der Waals surface area contributed by atoms with E-state index in [9.17, 15) is 9.59 Å². The standard InChI is InChI=1S/C26H22BrN3O5/c1-3-23-29-21-12-11-19(27)13-20(21)25(31)30(23)28-14-18-5-4-6-22(34-2)24(18)35-15-16-7-9-17(10-8-16)26(32)33/h4-14H,3,15H2,1-2H3,(H,32,33). The van der Waals surface area contributed by atoms with Crippen molar-refractivity contribution < 1.29 is 19.4 Å². The van der Waals surface area contributed by atoms with E-state index in [1.54, 1.807) is 42.5 Å². The van der Waals surface area contributed by atoms with Gasteiger partial charge in [-0.1, -0.05) is 41.1 Å². The van der Waals surface area contributed by atoms with Crippen LogP contribution in [0.15, 0.2) is 75.0 Å². The molecule has 0 atom stereocenters. The molecule has 0 amide bonds. The van der Waals surface area contributed by atoms with Gasteiger partial charge in [-0.25, -0.2) is 9.78 Å². The molecule has 1 N–H and O–H groups in total. The van der Waals surface area contributed by atoms with Crippen molar-refractivity contribution in [2.75, 3.05) is 7.11 Å². The number of aromatic carboxylic acids is 1. The number of hydrogen-bond donors (Lipinski definition) is 1. The molecule has 178 valence electrons. The quantitative estimate of drug-likeness (QED) is 0.322. The Kier molecular flexibility index (Phi) is 7.26. The first-order chi connectivity index (χ1) is 16.9. The second-order valence-corrected chi connectivity index (χ2v) is 8.49. The first kappa shape index (κ1) is 24.2. The lowest BCUT2D eigenvalue weighted by Gasteiger charge is -2.14. The normalized spacial score (nSPS) is 11.2. The van der Waals surface area contributed by atoms with Crippen LogP contribution in [0.4, 0.5) is 0 Å². The summed E-state index contributed by atoms with van der Waals surface area (Å²) >= 11 is 3.40. The Hall–Kier alpha value is -3.98. The van der Waals surface area contributed by atoms with E-state index in [-0.39, 0.29) is 17.7 Å². The Morgan fingerprint density at radius 3 is 2.63 bits per heavy atom. The van der Waals surface area contributed by atoms with Crippen molar-refractivity contribution in [3.8, 4) is 11.5 Å². The van der Waals surface area contributed by atoms with Crippen molar-refractivity contribution in [2.24, 2.45) is 5.10 Å². The molecule has 0 aliphatic rings. The summed E-state index contributed by atoms with van der Waals surface area (Å²) in [6.45, 7) is 2.10. The van der Waals surface area contributed by atoms with Crippen LogP contribution in [0.1, 0.15) is 34.2 Å². The zero-order valence-corrected chi connectivity index (χ0v) is 20.7. The highest BCUT2D eigenvalue weighted by Gasteiger charge is 2.13. The molecule has 0 spiro atoms. The van der Waals surface area contributed by atoms with Crippen LogP contribution in [0.3, 0.4) is 0 Å². The van der Waals surface area contributed by atoms with E-state index >= 15 is 0 Å². The second-order valence-electron chi connectivity index (χ2n) is 7.57. The van der Waals surface area contributed by atoms with E-state index in [0.29, 0.717) is 40.2 Å². The molecule has 0 saturated carbocycles. The minimum absolute atomic E-state index is 0.187. The minimum atomic E-state index is -0.988. The summed E-state index contributed by atoms with van der Waals surface area (Å²) < 4.78 is 13.6. The Morgan fingerprint density at radius 2 is 1.94 bits per heavy atom. The molecule has 4 rings (SSSR count).